The first kappa shape index (κ1) is 11.7. The topological polar surface area (TPSA) is 80.7 Å². The van der Waals surface area contributed by atoms with E-state index in [1.807, 2.05) is 36.4 Å². The molecular formula is C16H12N4O. The third-order valence-corrected chi connectivity index (χ3v) is 3.42. The molecule has 0 aliphatic carbocycles. The van der Waals surface area contributed by atoms with Crippen molar-refractivity contribution in [3.8, 4) is 22.5 Å². The normalized spacial score (nSPS) is 11.0. The second-order valence-electron chi connectivity index (χ2n) is 4.77. The molecule has 0 aliphatic heterocycles. The molecule has 0 saturated heterocycles. The summed E-state index contributed by atoms with van der Waals surface area (Å²) in [4.78, 5) is 12.1. The van der Waals surface area contributed by atoms with Gasteiger partial charge in [-0.3, -0.25) is 0 Å². The lowest BCUT2D eigenvalue weighted by molar-refractivity contribution is 0.568. The van der Waals surface area contributed by atoms with Gasteiger partial charge in [-0.15, -0.1) is 0 Å². The number of furan rings is 1. The first-order valence-electron chi connectivity index (χ1n) is 6.54. The number of nitrogens with one attached hydrogen (secondary N) is 1. The van der Waals surface area contributed by atoms with Crippen LogP contribution in [0.4, 0.5) is 5.82 Å². The standard InChI is InChI=1S/C16H12N4O/c17-15-12(7-11(8-18-15)10-5-6-21-9-10)16-19-13-3-1-2-4-14(13)20-16/h1-9H,(H2,17,18)(H,19,20). The Labute approximate surface area is 120 Å². The third-order valence-electron chi connectivity index (χ3n) is 3.42. The molecule has 0 atom stereocenters. The van der Waals surface area contributed by atoms with Gasteiger partial charge in [0.05, 0.1) is 29.1 Å². The van der Waals surface area contributed by atoms with E-state index in [-0.39, 0.29) is 0 Å². The van der Waals surface area contributed by atoms with Gasteiger partial charge in [-0.25, -0.2) is 9.97 Å². The predicted molar refractivity (Wildman–Crippen MR) is 81.4 cm³/mol. The number of nitrogens with two attached hydrogens (primary N) is 1. The van der Waals surface area contributed by atoms with Gasteiger partial charge in [0.1, 0.15) is 11.6 Å². The van der Waals surface area contributed by atoms with E-state index in [9.17, 15) is 0 Å². The van der Waals surface area contributed by atoms with Gasteiger partial charge < -0.3 is 15.1 Å². The second kappa shape index (κ2) is 4.49. The van der Waals surface area contributed by atoms with Gasteiger partial charge in [0.2, 0.25) is 0 Å². The number of fused-ring (bicyclic) bond motifs is 1. The lowest BCUT2D eigenvalue weighted by Crippen LogP contribution is -1.95. The van der Waals surface area contributed by atoms with Gasteiger partial charge >= 0.3 is 0 Å². The number of para-hydroxylation sites is 2. The average Bonchev–Trinajstić information content (AvgIpc) is 3.17. The smallest absolute Gasteiger partial charge is 0.142 e. The van der Waals surface area contributed by atoms with Crippen LogP contribution in [0.15, 0.2) is 59.5 Å². The Morgan fingerprint density at radius 1 is 1.10 bits per heavy atom. The highest BCUT2D eigenvalue weighted by molar-refractivity contribution is 5.83. The molecule has 3 aromatic heterocycles. The predicted octanol–water partition coefficient (Wildman–Crippen LogP) is 3.47. The molecule has 0 amide bonds. The Morgan fingerprint density at radius 2 is 2.00 bits per heavy atom. The Hall–Kier alpha value is -3.08. The third kappa shape index (κ3) is 1.95. The first-order chi connectivity index (χ1) is 10.3. The zero-order valence-electron chi connectivity index (χ0n) is 11.1. The molecule has 0 aliphatic rings. The first-order valence-corrected chi connectivity index (χ1v) is 6.54. The van der Waals surface area contributed by atoms with E-state index < -0.39 is 0 Å². The molecule has 0 saturated carbocycles. The van der Waals surface area contributed by atoms with Crippen molar-refractivity contribution in [1.82, 2.24) is 15.0 Å². The fourth-order valence-corrected chi connectivity index (χ4v) is 2.33. The van der Waals surface area contributed by atoms with Crippen molar-refractivity contribution in [3.63, 3.8) is 0 Å². The minimum atomic E-state index is 0.446. The van der Waals surface area contributed by atoms with Crippen LogP contribution >= 0.6 is 0 Å². The maximum absolute atomic E-state index is 6.00. The van der Waals surface area contributed by atoms with Crippen LogP contribution in [0.1, 0.15) is 0 Å². The molecule has 4 rings (SSSR count). The minimum absolute atomic E-state index is 0.446. The van der Waals surface area contributed by atoms with E-state index in [0.29, 0.717) is 11.6 Å². The van der Waals surface area contributed by atoms with Crippen molar-refractivity contribution >= 4 is 16.9 Å². The van der Waals surface area contributed by atoms with E-state index >= 15 is 0 Å². The number of hydrogen-bond donors (Lipinski definition) is 2. The molecule has 0 fully saturated rings. The molecule has 4 aromatic rings. The Kier molecular flexibility index (Phi) is 2.50. The number of hydrogen-bond acceptors (Lipinski definition) is 4. The average molecular weight is 276 g/mol. The van der Waals surface area contributed by atoms with Gasteiger partial charge in [-0.05, 0) is 24.3 Å². The fraction of sp³-hybridized carbons (Fsp3) is 0. The summed E-state index contributed by atoms with van der Waals surface area (Å²) in [5.74, 6) is 1.16. The number of imidazole rings is 1. The number of anilines is 1. The largest absolute Gasteiger partial charge is 0.472 e. The minimum Gasteiger partial charge on any atom is -0.472 e. The van der Waals surface area contributed by atoms with Gasteiger partial charge in [0.25, 0.3) is 0 Å². The summed E-state index contributed by atoms with van der Waals surface area (Å²) in [6, 6.07) is 11.7. The molecule has 5 heteroatoms. The number of nitrogens with zero attached hydrogens (tertiary/aromatic N) is 2. The van der Waals surface area contributed by atoms with Crippen LogP contribution in [-0.4, -0.2) is 15.0 Å². The zero-order chi connectivity index (χ0) is 14.2. The second-order valence-corrected chi connectivity index (χ2v) is 4.77. The molecule has 0 spiro atoms. The molecule has 0 bridgehead atoms. The SMILES string of the molecule is Nc1ncc(-c2ccoc2)cc1-c1nc2ccccc2[nH]1. The van der Waals surface area contributed by atoms with Crippen LogP contribution < -0.4 is 5.73 Å². The van der Waals surface area contributed by atoms with Crippen LogP contribution in [0.3, 0.4) is 0 Å². The highest BCUT2D eigenvalue weighted by Gasteiger charge is 2.11. The van der Waals surface area contributed by atoms with Gasteiger partial charge in [0, 0.05) is 17.3 Å². The van der Waals surface area contributed by atoms with Crippen molar-refractivity contribution in [3.05, 3.63) is 55.1 Å². The number of aromatic amines is 1. The fourth-order valence-electron chi connectivity index (χ4n) is 2.33. The quantitative estimate of drug-likeness (QED) is 0.587. The molecule has 5 nitrogen and oxygen atoms in total. The highest BCUT2D eigenvalue weighted by atomic mass is 16.3. The van der Waals surface area contributed by atoms with Crippen molar-refractivity contribution in [1.29, 1.82) is 0 Å². The molecule has 3 heterocycles. The van der Waals surface area contributed by atoms with Crippen LogP contribution in [0.25, 0.3) is 33.5 Å². The molecular weight excluding hydrogens is 264 g/mol. The van der Waals surface area contributed by atoms with Crippen LogP contribution in [0, 0.1) is 0 Å². The van der Waals surface area contributed by atoms with E-state index in [4.69, 9.17) is 10.2 Å². The zero-order valence-corrected chi connectivity index (χ0v) is 11.1. The Morgan fingerprint density at radius 3 is 2.81 bits per heavy atom. The van der Waals surface area contributed by atoms with Crippen LogP contribution in [0.5, 0.6) is 0 Å². The van der Waals surface area contributed by atoms with Gasteiger partial charge in [0.15, 0.2) is 0 Å². The highest BCUT2D eigenvalue weighted by Crippen LogP contribution is 2.29. The molecule has 0 unspecified atom stereocenters. The van der Waals surface area contributed by atoms with Gasteiger partial charge in [-0.1, -0.05) is 12.1 Å². The molecule has 102 valence electrons. The summed E-state index contributed by atoms with van der Waals surface area (Å²) < 4.78 is 5.11. The Bertz CT molecular complexity index is 876. The molecule has 1 aromatic carbocycles. The Balaban J connectivity index is 1.89. The molecule has 0 radical (unpaired) electrons. The van der Waals surface area contributed by atoms with Gasteiger partial charge in [-0.2, -0.15) is 0 Å². The van der Waals surface area contributed by atoms with E-state index in [1.165, 1.54) is 0 Å². The van der Waals surface area contributed by atoms with E-state index in [2.05, 4.69) is 15.0 Å². The number of aromatic nitrogens is 3. The summed E-state index contributed by atoms with van der Waals surface area (Å²) in [5, 5.41) is 0. The summed E-state index contributed by atoms with van der Waals surface area (Å²) in [5.41, 5.74) is 10.6. The van der Waals surface area contributed by atoms with Crippen LogP contribution in [0.2, 0.25) is 0 Å². The number of H-pyrrole nitrogens is 1. The van der Waals surface area contributed by atoms with Crippen molar-refractivity contribution in [2.75, 3.05) is 5.73 Å². The van der Waals surface area contributed by atoms with E-state index in [1.54, 1.807) is 18.7 Å². The van der Waals surface area contributed by atoms with Crippen molar-refractivity contribution < 1.29 is 4.42 Å². The molecule has 3 N–H and O–H groups in total. The maximum Gasteiger partial charge on any atom is 0.142 e. The summed E-state index contributed by atoms with van der Waals surface area (Å²) >= 11 is 0. The summed E-state index contributed by atoms with van der Waals surface area (Å²) in [6.07, 6.45) is 5.04. The number of pyridine rings is 1. The summed E-state index contributed by atoms with van der Waals surface area (Å²) in [6.45, 7) is 0. The van der Waals surface area contributed by atoms with E-state index in [0.717, 1.165) is 27.7 Å². The summed E-state index contributed by atoms with van der Waals surface area (Å²) in [7, 11) is 0. The van der Waals surface area contributed by atoms with Crippen molar-refractivity contribution in [2.24, 2.45) is 0 Å². The number of nitrogen functional groups attached to an aromatic ring is 1. The monoisotopic (exact) mass is 276 g/mol. The number of benzene rings is 1. The lowest BCUT2D eigenvalue weighted by atomic mass is 10.1. The number of rotatable bonds is 2. The molecule has 21 heavy (non-hydrogen) atoms. The maximum atomic E-state index is 6.00. The van der Waals surface area contributed by atoms with Crippen molar-refractivity contribution in [2.45, 2.75) is 0 Å². The van der Waals surface area contributed by atoms with Crippen LogP contribution in [-0.2, 0) is 0 Å². The lowest BCUT2D eigenvalue weighted by Gasteiger charge is -2.04.